The number of furan rings is 1. The normalized spacial score (nSPS) is 23.1. The number of aliphatic hydroxyl groups is 1. The fourth-order valence-electron chi connectivity index (χ4n) is 2.76. The third-order valence-corrected chi connectivity index (χ3v) is 4.48. The third kappa shape index (κ3) is 2.91. The Morgan fingerprint density at radius 1 is 1.10 bits per heavy atom. The van der Waals surface area contributed by atoms with Gasteiger partial charge in [-0.3, -0.25) is 0 Å². The first-order valence-electron chi connectivity index (χ1n) is 7.74. The van der Waals surface area contributed by atoms with E-state index in [-0.39, 0.29) is 5.41 Å². The third-order valence-electron chi connectivity index (χ3n) is 4.48. The molecule has 1 aliphatic carbocycles. The maximum absolute atomic E-state index is 10.5. The van der Waals surface area contributed by atoms with Crippen LogP contribution in [-0.4, -0.2) is 5.11 Å². The van der Waals surface area contributed by atoms with Crippen molar-refractivity contribution in [2.24, 2.45) is 5.92 Å². The van der Waals surface area contributed by atoms with Gasteiger partial charge in [-0.25, -0.2) is 0 Å². The summed E-state index contributed by atoms with van der Waals surface area (Å²) in [5.74, 6) is 2.93. The summed E-state index contributed by atoms with van der Waals surface area (Å²) < 4.78 is 5.84. The van der Waals surface area contributed by atoms with Gasteiger partial charge in [0, 0.05) is 5.92 Å². The Bertz CT molecular complexity index is 616. The zero-order valence-corrected chi connectivity index (χ0v) is 13.3. The van der Waals surface area contributed by atoms with E-state index < -0.39 is 6.10 Å². The van der Waals surface area contributed by atoms with Crippen LogP contribution in [-0.2, 0) is 5.41 Å². The maximum atomic E-state index is 10.5. The predicted molar refractivity (Wildman–Crippen MR) is 84.4 cm³/mol. The zero-order valence-electron chi connectivity index (χ0n) is 13.3. The van der Waals surface area contributed by atoms with Crippen molar-refractivity contribution in [3.63, 3.8) is 0 Å². The van der Waals surface area contributed by atoms with Gasteiger partial charge in [0.25, 0.3) is 0 Å². The molecule has 2 heteroatoms. The highest BCUT2D eigenvalue weighted by molar-refractivity contribution is 5.32. The molecule has 1 saturated carbocycles. The van der Waals surface area contributed by atoms with Crippen LogP contribution in [0.25, 0.3) is 0 Å². The second-order valence-electron chi connectivity index (χ2n) is 7.33. The Kier molecular flexibility index (Phi) is 3.45. The lowest BCUT2D eigenvalue weighted by Crippen LogP contribution is -2.11. The number of hydrogen-bond donors (Lipinski definition) is 1. The van der Waals surface area contributed by atoms with E-state index in [0.717, 1.165) is 11.3 Å². The molecule has 1 aliphatic rings. The van der Waals surface area contributed by atoms with Gasteiger partial charge < -0.3 is 9.52 Å². The first-order chi connectivity index (χ1) is 9.86. The molecule has 1 aromatic carbocycles. The van der Waals surface area contributed by atoms with E-state index in [1.54, 1.807) is 0 Å². The molecule has 0 amide bonds. The Morgan fingerprint density at radius 2 is 1.71 bits per heavy atom. The number of hydrogen-bond acceptors (Lipinski definition) is 2. The van der Waals surface area contributed by atoms with Gasteiger partial charge in [-0.05, 0) is 41.0 Å². The second kappa shape index (κ2) is 5.03. The van der Waals surface area contributed by atoms with Crippen molar-refractivity contribution in [2.75, 3.05) is 0 Å². The van der Waals surface area contributed by atoms with E-state index in [9.17, 15) is 5.11 Å². The standard InChI is InChI=1S/C19H24O2/c1-12-11-15(12)16-9-10-17(21-16)18(20)13-5-7-14(8-6-13)19(2,3)4/h5-10,12,15,18,20H,11H2,1-4H3. The summed E-state index contributed by atoms with van der Waals surface area (Å²) in [7, 11) is 0. The molecule has 3 rings (SSSR count). The highest BCUT2D eigenvalue weighted by atomic mass is 16.4. The summed E-state index contributed by atoms with van der Waals surface area (Å²) in [6.07, 6.45) is 0.519. The minimum Gasteiger partial charge on any atom is -0.463 e. The molecule has 1 N–H and O–H groups in total. The summed E-state index contributed by atoms with van der Waals surface area (Å²) in [5.41, 5.74) is 2.28. The molecule has 2 aromatic rings. The van der Waals surface area contributed by atoms with E-state index in [4.69, 9.17) is 4.42 Å². The molecule has 21 heavy (non-hydrogen) atoms. The minimum atomic E-state index is -0.679. The second-order valence-corrected chi connectivity index (χ2v) is 7.33. The quantitative estimate of drug-likeness (QED) is 0.879. The van der Waals surface area contributed by atoms with Gasteiger partial charge in [0.1, 0.15) is 17.6 Å². The molecule has 112 valence electrons. The molecule has 0 bridgehead atoms. The van der Waals surface area contributed by atoms with Crippen LogP contribution in [0.1, 0.15) is 68.8 Å². The molecule has 0 aliphatic heterocycles. The maximum Gasteiger partial charge on any atom is 0.137 e. The minimum absolute atomic E-state index is 0.128. The van der Waals surface area contributed by atoms with Crippen LogP contribution >= 0.6 is 0 Å². The average molecular weight is 284 g/mol. The van der Waals surface area contributed by atoms with Crippen molar-refractivity contribution < 1.29 is 9.52 Å². The monoisotopic (exact) mass is 284 g/mol. The molecular formula is C19H24O2. The molecule has 2 nitrogen and oxygen atoms in total. The van der Waals surface area contributed by atoms with Gasteiger partial charge >= 0.3 is 0 Å². The van der Waals surface area contributed by atoms with E-state index in [2.05, 4.69) is 39.8 Å². The van der Waals surface area contributed by atoms with E-state index in [1.807, 2.05) is 24.3 Å². The van der Waals surface area contributed by atoms with Gasteiger partial charge in [0.05, 0.1) is 0 Å². The molecule has 1 fully saturated rings. The number of aliphatic hydroxyl groups excluding tert-OH is 1. The summed E-state index contributed by atoms with van der Waals surface area (Å²) >= 11 is 0. The first-order valence-corrected chi connectivity index (χ1v) is 7.74. The van der Waals surface area contributed by atoms with Crippen molar-refractivity contribution >= 4 is 0 Å². The van der Waals surface area contributed by atoms with Crippen molar-refractivity contribution in [3.8, 4) is 0 Å². The highest BCUT2D eigenvalue weighted by Gasteiger charge is 2.37. The van der Waals surface area contributed by atoms with Gasteiger partial charge in [-0.15, -0.1) is 0 Å². The number of benzene rings is 1. The molecule has 1 aromatic heterocycles. The summed E-state index contributed by atoms with van der Waals surface area (Å²) in [5, 5.41) is 10.5. The van der Waals surface area contributed by atoms with Crippen LogP contribution in [0.2, 0.25) is 0 Å². The van der Waals surface area contributed by atoms with Crippen molar-refractivity contribution in [3.05, 3.63) is 59.0 Å². The zero-order chi connectivity index (χ0) is 15.2. The number of rotatable bonds is 3. The van der Waals surface area contributed by atoms with Gasteiger partial charge in [0.2, 0.25) is 0 Å². The van der Waals surface area contributed by atoms with Crippen LogP contribution in [0.4, 0.5) is 0 Å². The lowest BCUT2D eigenvalue weighted by Gasteiger charge is -2.19. The van der Waals surface area contributed by atoms with Gasteiger partial charge in [-0.2, -0.15) is 0 Å². The predicted octanol–water partition coefficient (Wildman–Crippen LogP) is 4.78. The smallest absolute Gasteiger partial charge is 0.137 e. The summed E-state index contributed by atoms with van der Waals surface area (Å²) in [4.78, 5) is 0. The van der Waals surface area contributed by atoms with Crippen LogP contribution < -0.4 is 0 Å². The van der Waals surface area contributed by atoms with Gasteiger partial charge in [0.15, 0.2) is 0 Å². The Balaban J connectivity index is 1.78. The fraction of sp³-hybridized carbons (Fsp3) is 0.474. The van der Waals surface area contributed by atoms with Crippen molar-refractivity contribution in [2.45, 2.75) is 51.6 Å². The average Bonchev–Trinajstić information content (AvgIpc) is 2.99. The molecular weight excluding hydrogens is 260 g/mol. The Morgan fingerprint density at radius 3 is 2.24 bits per heavy atom. The van der Waals surface area contributed by atoms with Gasteiger partial charge in [-0.1, -0.05) is 52.0 Å². The molecule has 1 heterocycles. The lowest BCUT2D eigenvalue weighted by atomic mass is 9.86. The molecule has 0 spiro atoms. The Hall–Kier alpha value is -1.54. The SMILES string of the molecule is CC1CC1c1ccc(C(O)c2ccc(C(C)(C)C)cc2)o1. The van der Waals surface area contributed by atoms with Crippen LogP contribution in [0.5, 0.6) is 0 Å². The van der Waals surface area contributed by atoms with Crippen LogP contribution in [0.3, 0.4) is 0 Å². The van der Waals surface area contributed by atoms with Crippen molar-refractivity contribution in [1.82, 2.24) is 0 Å². The largest absolute Gasteiger partial charge is 0.463 e. The summed E-state index contributed by atoms with van der Waals surface area (Å²) in [6, 6.07) is 12.1. The molecule has 0 radical (unpaired) electrons. The first kappa shape index (κ1) is 14.4. The van der Waals surface area contributed by atoms with Crippen LogP contribution in [0, 0.1) is 5.92 Å². The van der Waals surface area contributed by atoms with E-state index in [1.165, 1.54) is 12.0 Å². The topological polar surface area (TPSA) is 33.4 Å². The fourth-order valence-corrected chi connectivity index (χ4v) is 2.76. The lowest BCUT2D eigenvalue weighted by molar-refractivity contribution is 0.186. The summed E-state index contributed by atoms with van der Waals surface area (Å²) in [6.45, 7) is 8.80. The van der Waals surface area contributed by atoms with E-state index in [0.29, 0.717) is 17.6 Å². The molecule has 3 atom stereocenters. The molecule has 3 unspecified atom stereocenters. The Labute approximate surface area is 126 Å². The molecule has 0 saturated heterocycles. The van der Waals surface area contributed by atoms with Crippen LogP contribution in [0.15, 0.2) is 40.8 Å². The highest BCUT2D eigenvalue weighted by Crippen LogP contribution is 2.47. The van der Waals surface area contributed by atoms with Crippen molar-refractivity contribution in [1.29, 1.82) is 0 Å². The van der Waals surface area contributed by atoms with E-state index >= 15 is 0 Å².